The van der Waals surface area contributed by atoms with Gasteiger partial charge in [0.1, 0.15) is 17.3 Å². The summed E-state index contributed by atoms with van der Waals surface area (Å²) in [5.74, 6) is -3.36. The molecule has 1 amide bonds. The van der Waals surface area contributed by atoms with E-state index in [1.165, 1.54) is 30.2 Å². The highest BCUT2D eigenvalue weighted by Crippen LogP contribution is 2.41. The monoisotopic (exact) mass is 485 g/mol. The summed E-state index contributed by atoms with van der Waals surface area (Å²) in [7, 11) is 1.24. The van der Waals surface area contributed by atoms with Crippen molar-refractivity contribution in [1.29, 1.82) is 0 Å². The number of nitrogens with one attached hydrogen (secondary N) is 1. The maximum Gasteiger partial charge on any atom is 0.354 e. The predicted molar refractivity (Wildman–Crippen MR) is 129 cm³/mol. The highest BCUT2D eigenvalue weighted by molar-refractivity contribution is 6.46. The summed E-state index contributed by atoms with van der Waals surface area (Å²) in [6.45, 7) is 9.93. The number of aromatic nitrogens is 1. The van der Waals surface area contributed by atoms with Gasteiger partial charge in [0.25, 0.3) is 11.7 Å². The Morgan fingerprint density at radius 2 is 1.86 bits per heavy atom. The van der Waals surface area contributed by atoms with Gasteiger partial charge >= 0.3 is 5.97 Å². The van der Waals surface area contributed by atoms with E-state index < -0.39 is 35.3 Å². The van der Waals surface area contributed by atoms with Crippen LogP contribution in [0.15, 0.2) is 29.8 Å². The van der Waals surface area contributed by atoms with Crippen molar-refractivity contribution in [3.05, 3.63) is 63.7 Å². The molecule has 0 saturated carbocycles. The molecule has 188 valence electrons. The number of hydrogen-bond acceptors (Lipinski definition) is 6. The summed E-state index contributed by atoms with van der Waals surface area (Å²) in [5, 5.41) is 11.3. The summed E-state index contributed by atoms with van der Waals surface area (Å²) in [6.07, 6.45) is 0.578. The third-order valence-electron chi connectivity index (χ3n) is 6.57. The van der Waals surface area contributed by atoms with E-state index in [9.17, 15) is 23.9 Å². The number of nitrogens with zero attached hydrogens (tertiary/aromatic N) is 2. The van der Waals surface area contributed by atoms with Crippen LogP contribution in [0.2, 0.25) is 0 Å². The SMILES string of the molecule is CCN(CC)CCCN1C(=O)C(=O)/C(=C(/O)c2c(C)[nH]c(C(=O)OC)c2C)[C@@H]1c1ccccc1F. The zero-order valence-corrected chi connectivity index (χ0v) is 20.8. The number of Topliss-reactive ketones (excluding diaryl/α,β-unsaturated/α-hetero) is 1. The van der Waals surface area contributed by atoms with Crippen molar-refractivity contribution in [2.24, 2.45) is 0 Å². The zero-order chi connectivity index (χ0) is 25.9. The molecule has 3 rings (SSSR count). The minimum absolute atomic E-state index is 0.120. The quantitative estimate of drug-likeness (QED) is 0.243. The smallest absolute Gasteiger partial charge is 0.354 e. The number of hydrogen-bond donors (Lipinski definition) is 2. The molecule has 1 aromatic carbocycles. The van der Waals surface area contributed by atoms with Gasteiger partial charge in [-0.05, 0) is 51.5 Å². The van der Waals surface area contributed by atoms with Crippen LogP contribution >= 0.6 is 0 Å². The number of ketones is 1. The van der Waals surface area contributed by atoms with Crippen molar-refractivity contribution in [2.45, 2.75) is 40.2 Å². The first kappa shape index (κ1) is 26.2. The van der Waals surface area contributed by atoms with Crippen LogP contribution in [-0.4, -0.2) is 70.8 Å². The number of aryl methyl sites for hydroxylation is 1. The summed E-state index contributed by atoms with van der Waals surface area (Å²) in [5.41, 5.74) is 1.04. The van der Waals surface area contributed by atoms with Crippen molar-refractivity contribution in [3.8, 4) is 0 Å². The maximum absolute atomic E-state index is 15.0. The van der Waals surface area contributed by atoms with E-state index in [0.29, 0.717) is 24.2 Å². The highest BCUT2D eigenvalue weighted by atomic mass is 19.1. The first-order valence-electron chi connectivity index (χ1n) is 11.7. The molecule has 1 saturated heterocycles. The molecular weight excluding hydrogens is 453 g/mol. The molecule has 0 unspecified atom stereocenters. The van der Waals surface area contributed by atoms with Gasteiger partial charge in [-0.1, -0.05) is 32.0 Å². The molecular formula is C26H32FN3O5. The summed E-state index contributed by atoms with van der Waals surface area (Å²) < 4.78 is 19.7. The van der Waals surface area contributed by atoms with Gasteiger partial charge in [-0.15, -0.1) is 0 Å². The van der Waals surface area contributed by atoms with Crippen molar-refractivity contribution in [3.63, 3.8) is 0 Å². The lowest BCUT2D eigenvalue weighted by molar-refractivity contribution is -0.140. The Kier molecular flexibility index (Phi) is 8.11. The molecule has 1 fully saturated rings. The molecule has 0 aliphatic carbocycles. The number of H-pyrrole nitrogens is 1. The van der Waals surface area contributed by atoms with Crippen molar-refractivity contribution in [2.75, 3.05) is 33.3 Å². The standard InChI is InChI=1S/C26H32FN3O5/c1-6-29(7-2)13-10-14-30-22(17-11-8-9-12-18(17)27)20(24(32)25(30)33)23(31)19-15(3)21(26(34)35-5)28-16(19)4/h8-9,11-12,22,28,31H,6-7,10,13-14H2,1-5H3/b23-20+/t22-/m0/s1. The zero-order valence-electron chi connectivity index (χ0n) is 20.8. The van der Waals surface area contributed by atoms with Crippen LogP contribution in [0.5, 0.6) is 0 Å². The minimum atomic E-state index is -1.09. The minimum Gasteiger partial charge on any atom is -0.507 e. The average molecular weight is 486 g/mol. The van der Waals surface area contributed by atoms with Crippen molar-refractivity contribution >= 4 is 23.4 Å². The van der Waals surface area contributed by atoms with Gasteiger partial charge in [0.2, 0.25) is 0 Å². The van der Waals surface area contributed by atoms with E-state index in [1.54, 1.807) is 19.9 Å². The Balaban J connectivity index is 2.14. The number of rotatable bonds is 9. The molecule has 2 heterocycles. The van der Waals surface area contributed by atoms with E-state index in [-0.39, 0.29) is 28.9 Å². The molecule has 8 nitrogen and oxygen atoms in total. The molecule has 2 aromatic rings. The van der Waals surface area contributed by atoms with Crippen LogP contribution in [0.1, 0.15) is 59.2 Å². The fourth-order valence-corrected chi connectivity index (χ4v) is 4.68. The van der Waals surface area contributed by atoms with Crippen molar-refractivity contribution < 1.29 is 28.6 Å². The van der Waals surface area contributed by atoms with E-state index >= 15 is 0 Å². The van der Waals surface area contributed by atoms with E-state index in [1.807, 2.05) is 13.8 Å². The summed E-state index contributed by atoms with van der Waals surface area (Å²) in [6, 6.07) is 4.81. The molecule has 0 spiro atoms. The molecule has 1 aliphatic rings. The van der Waals surface area contributed by atoms with Crippen LogP contribution in [0, 0.1) is 19.7 Å². The second-order valence-electron chi connectivity index (χ2n) is 8.51. The van der Waals surface area contributed by atoms with Crippen LogP contribution in [0.4, 0.5) is 4.39 Å². The summed E-state index contributed by atoms with van der Waals surface area (Å²) in [4.78, 5) is 44.8. The lowest BCUT2D eigenvalue weighted by atomic mass is 9.93. The summed E-state index contributed by atoms with van der Waals surface area (Å²) >= 11 is 0. The predicted octanol–water partition coefficient (Wildman–Crippen LogP) is 3.71. The number of amides is 1. The van der Waals surface area contributed by atoms with E-state index in [2.05, 4.69) is 9.88 Å². The number of carbonyl (C=O) groups is 3. The highest BCUT2D eigenvalue weighted by Gasteiger charge is 2.47. The molecule has 1 aromatic heterocycles. The number of aromatic amines is 1. The second-order valence-corrected chi connectivity index (χ2v) is 8.51. The Morgan fingerprint density at radius 1 is 1.20 bits per heavy atom. The second kappa shape index (κ2) is 10.9. The molecule has 2 N–H and O–H groups in total. The third kappa shape index (κ3) is 4.86. The number of halogens is 1. The van der Waals surface area contributed by atoms with Crippen LogP contribution in [-0.2, 0) is 14.3 Å². The molecule has 35 heavy (non-hydrogen) atoms. The van der Waals surface area contributed by atoms with Gasteiger partial charge in [0, 0.05) is 23.4 Å². The van der Waals surface area contributed by atoms with Gasteiger partial charge < -0.3 is 24.6 Å². The Labute approximate surface area is 204 Å². The maximum atomic E-state index is 15.0. The number of esters is 1. The fraction of sp³-hybridized carbons (Fsp3) is 0.423. The number of methoxy groups -OCH3 is 1. The first-order valence-corrected chi connectivity index (χ1v) is 11.7. The molecule has 1 aliphatic heterocycles. The Bertz CT molecular complexity index is 1170. The number of carbonyl (C=O) groups excluding carboxylic acids is 3. The largest absolute Gasteiger partial charge is 0.507 e. The molecule has 1 atom stereocenters. The molecule has 0 bridgehead atoms. The van der Waals surface area contributed by atoms with Crippen LogP contribution in [0.3, 0.4) is 0 Å². The number of benzene rings is 1. The Hall–Kier alpha value is -3.46. The van der Waals surface area contributed by atoms with E-state index in [4.69, 9.17) is 4.74 Å². The number of ether oxygens (including phenoxy) is 1. The van der Waals surface area contributed by atoms with Crippen LogP contribution in [0.25, 0.3) is 5.76 Å². The number of aliphatic hydroxyl groups is 1. The topological polar surface area (TPSA) is 103 Å². The van der Waals surface area contributed by atoms with Gasteiger partial charge in [0.05, 0.1) is 18.7 Å². The molecule has 9 heteroatoms. The normalized spacial score (nSPS) is 17.5. The average Bonchev–Trinajstić information content (AvgIpc) is 3.28. The van der Waals surface area contributed by atoms with Gasteiger partial charge in [0.15, 0.2) is 0 Å². The number of aliphatic hydroxyl groups excluding tert-OH is 1. The lowest BCUT2D eigenvalue weighted by Crippen LogP contribution is -2.33. The van der Waals surface area contributed by atoms with Crippen LogP contribution < -0.4 is 0 Å². The van der Waals surface area contributed by atoms with E-state index in [0.717, 1.165) is 13.1 Å². The fourth-order valence-electron chi connectivity index (χ4n) is 4.68. The van der Waals surface area contributed by atoms with Gasteiger partial charge in [-0.2, -0.15) is 0 Å². The number of likely N-dealkylation sites (tertiary alicyclic amines) is 1. The molecule has 0 radical (unpaired) electrons. The van der Waals surface area contributed by atoms with Gasteiger partial charge in [-0.25, -0.2) is 9.18 Å². The lowest BCUT2D eigenvalue weighted by Gasteiger charge is -2.27. The third-order valence-corrected chi connectivity index (χ3v) is 6.57. The Morgan fingerprint density at radius 3 is 2.46 bits per heavy atom. The van der Waals surface area contributed by atoms with Crippen molar-refractivity contribution in [1.82, 2.24) is 14.8 Å². The van der Waals surface area contributed by atoms with Gasteiger partial charge in [-0.3, -0.25) is 9.59 Å². The first-order chi connectivity index (χ1) is 16.7.